The number of sulfonamides is 1. The molecule has 2 aromatic carbocycles. The van der Waals surface area contributed by atoms with Crippen LogP contribution in [0.1, 0.15) is 29.2 Å². The summed E-state index contributed by atoms with van der Waals surface area (Å²) in [6, 6.07) is 15.2. The van der Waals surface area contributed by atoms with Crippen molar-refractivity contribution in [1.29, 1.82) is 0 Å². The number of hydrogen-bond donors (Lipinski definition) is 0. The topological polar surface area (TPSA) is 55.7 Å². The summed E-state index contributed by atoms with van der Waals surface area (Å²) in [5, 5.41) is 0. The Balaban J connectivity index is 1.81. The third-order valence-corrected chi connectivity index (χ3v) is 6.11. The summed E-state index contributed by atoms with van der Waals surface area (Å²) in [6.45, 7) is 6.56. The highest BCUT2D eigenvalue weighted by atomic mass is 32.2. The van der Waals surface area contributed by atoms with Crippen LogP contribution < -0.4 is 0 Å². The fourth-order valence-electron chi connectivity index (χ4n) is 3.52. The molecule has 1 fully saturated rings. The van der Waals surface area contributed by atoms with Gasteiger partial charge in [-0.25, -0.2) is 0 Å². The Morgan fingerprint density at radius 1 is 1.12 bits per heavy atom. The van der Waals surface area contributed by atoms with Crippen molar-refractivity contribution in [3.8, 4) is 0 Å². The van der Waals surface area contributed by atoms with Gasteiger partial charge in [0.2, 0.25) is 0 Å². The van der Waals surface area contributed by atoms with E-state index in [1.807, 2.05) is 43.3 Å². The first-order valence-electron chi connectivity index (χ1n) is 8.25. The normalized spacial score (nSPS) is 24.7. The molecule has 0 aliphatic carbocycles. The molecule has 1 saturated heterocycles. The molecular formula is C20H19NO3S. The first kappa shape index (κ1) is 16.2. The van der Waals surface area contributed by atoms with Crippen molar-refractivity contribution in [2.24, 2.45) is 10.3 Å². The second-order valence-electron chi connectivity index (χ2n) is 6.65. The van der Waals surface area contributed by atoms with Crippen LogP contribution in [0.2, 0.25) is 0 Å². The van der Waals surface area contributed by atoms with Crippen LogP contribution >= 0.6 is 0 Å². The fourth-order valence-corrected chi connectivity index (χ4v) is 4.82. The molecule has 2 aliphatic rings. The van der Waals surface area contributed by atoms with Gasteiger partial charge < -0.3 is 4.74 Å². The molecule has 4 rings (SSSR count). The number of benzene rings is 2. The summed E-state index contributed by atoms with van der Waals surface area (Å²) >= 11 is 0. The minimum atomic E-state index is -3.63. The van der Waals surface area contributed by atoms with Gasteiger partial charge in [0.25, 0.3) is 10.0 Å². The van der Waals surface area contributed by atoms with Crippen LogP contribution in [0.25, 0.3) is 0 Å². The molecule has 25 heavy (non-hydrogen) atoms. The molecule has 0 spiro atoms. The van der Waals surface area contributed by atoms with E-state index in [1.165, 1.54) is 5.56 Å². The number of hydrogen-bond acceptors (Lipinski definition) is 3. The van der Waals surface area contributed by atoms with Gasteiger partial charge in [-0.05, 0) is 25.0 Å². The lowest BCUT2D eigenvalue weighted by molar-refractivity contribution is 0.0210. The summed E-state index contributed by atoms with van der Waals surface area (Å²) < 4.78 is 35.0. The summed E-state index contributed by atoms with van der Waals surface area (Å²) in [5.74, 6) is -0.164. The fraction of sp³-hybridized carbons (Fsp3) is 0.250. The number of fused-ring (bicyclic) bond motifs is 1. The first-order valence-corrected chi connectivity index (χ1v) is 9.69. The molecule has 128 valence electrons. The van der Waals surface area contributed by atoms with Crippen molar-refractivity contribution in [2.45, 2.75) is 24.3 Å². The Kier molecular flexibility index (Phi) is 3.85. The van der Waals surface area contributed by atoms with Crippen LogP contribution in [0.5, 0.6) is 0 Å². The summed E-state index contributed by atoms with van der Waals surface area (Å²) in [5.41, 5.74) is 4.43. The highest BCUT2D eigenvalue weighted by Crippen LogP contribution is 2.41. The first-order chi connectivity index (χ1) is 12.0. The zero-order valence-corrected chi connectivity index (χ0v) is 14.8. The predicted octanol–water partition coefficient (Wildman–Crippen LogP) is 3.82. The zero-order chi connectivity index (χ0) is 17.6. The lowest BCUT2D eigenvalue weighted by Gasteiger charge is -2.33. The van der Waals surface area contributed by atoms with E-state index in [9.17, 15) is 8.42 Å². The van der Waals surface area contributed by atoms with Crippen LogP contribution in [-0.2, 0) is 14.8 Å². The van der Waals surface area contributed by atoms with Gasteiger partial charge in [0.1, 0.15) is 0 Å². The van der Waals surface area contributed by atoms with Gasteiger partial charge in [-0.1, -0.05) is 60.2 Å². The van der Waals surface area contributed by atoms with Gasteiger partial charge in [0.15, 0.2) is 0 Å². The third kappa shape index (κ3) is 2.83. The molecule has 4 nitrogen and oxygen atoms in total. The van der Waals surface area contributed by atoms with E-state index in [0.29, 0.717) is 24.3 Å². The van der Waals surface area contributed by atoms with Crippen LogP contribution in [0, 0.1) is 12.8 Å². The minimum absolute atomic E-state index is 0.164. The quantitative estimate of drug-likeness (QED) is 0.771. The van der Waals surface area contributed by atoms with Gasteiger partial charge in [-0.15, -0.1) is 0 Å². The van der Waals surface area contributed by atoms with Crippen molar-refractivity contribution >= 4 is 15.7 Å². The maximum Gasteiger partial charge on any atom is 0.283 e. The minimum Gasteiger partial charge on any atom is -0.368 e. The van der Waals surface area contributed by atoms with E-state index >= 15 is 0 Å². The molecule has 0 radical (unpaired) electrons. The average molecular weight is 353 g/mol. The SMILES string of the molecule is C=C1CO[C@H](c2ccc(C)cc2)[C@@H](C2=NS(=O)(=O)c3ccccc32)C1. The molecule has 5 heteroatoms. The van der Waals surface area contributed by atoms with E-state index in [2.05, 4.69) is 11.0 Å². The van der Waals surface area contributed by atoms with Gasteiger partial charge in [0, 0.05) is 11.5 Å². The summed E-state index contributed by atoms with van der Waals surface area (Å²) in [4.78, 5) is 0.281. The van der Waals surface area contributed by atoms with Crippen LogP contribution in [0.15, 0.2) is 70.0 Å². The number of nitrogens with zero attached hydrogens (tertiary/aromatic N) is 1. The molecule has 0 saturated carbocycles. The standard InChI is InChI=1S/C20H19NO3S/c1-13-7-9-15(10-8-13)20-17(11-14(2)12-24-20)19-16-5-3-4-6-18(16)25(22,23)21-19/h3-10,17,20H,2,11-12H2,1H3/t17-,20-/m1/s1. The van der Waals surface area contributed by atoms with Crippen molar-refractivity contribution in [3.63, 3.8) is 0 Å². The average Bonchev–Trinajstić information content (AvgIpc) is 2.88. The predicted molar refractivity (Wildman–Crippen MR) is 97.3 cm³/mol. The van der Waals surface area contributed by atoms with E-state index in [0.717, 1.165) is 11.1 Å². The molecule has 0 amide bonds. The molecular weight excluding hydrogens is 334 g/mol. The highest BCUT2D eigenvalue weighted by molar-refractivity contribution is 7.90. The monoisotopic (exact) mass is 353 g/mol. The number of ether oxygens (including phenoxy) is 1. The second-order valence-corrected chi connectivity index (χ2v) is 8.22. The smallest absolute Gasteiger partial charge is 0.283 e. The van der Waals surface area contributed by atoms with Crippen LogP contribution in [0.4, 0.5) is 0 Å². The number of rotatable bonds is 2. The number of aryl methyl sites for hydroxylation is 1. The zero-order valence-electron chi connectivity index (χ0n) is 14.0. The van der Waals surface area contributed by atoms with Gasteiger partial charge >= 0.3 is 0 Å². The molecule has 2 aromatic rings. The molecule has 0 bridgehead atoms. The molecule has 0 unspecified atom stereocenters. The Labute approximate surface area is 147 Å². The Morgan fingerprint density at radius 2 is 1.84 bits per heavy atom. The third-order valence-electron chi connectivity index (χ3n) is 4.76. The lowest BCUT2D eigenvalue weighted by Crippen LogP contribution is -2.30. The molecule has 2 aliphatic heterocycles. The van der Waals surface area contributed by atoms with Gasteiger partial charge in [0.05, 0.1) is 23.3 Å². The largest absolute Gasteiger partial charge is 0.368 e. The molecule has 2 atom stereocenters. The van der Waals surface area contributed by atoms with E-state index in [-0.39, 0.29) is 16.9 Å². The Bertz CT molecular complexity index is 974. The Hall–Kier alpha value is -2.24. The van der Waals surface area contributed by atoms with Crippen LogP contribution in [0.3, 0.4) is 0 Å². The lowest BCUT2D eigenvalue weighted by atomic mass is 9.82. The van der Waals surface area contributed by atoms with E-state index in [1.54, 1.807) is 12.1 Å². The van der Waals surface area contributed by atoms with Crippen molar-refractivity contribution in [1.82, 2.24) is 0 Å². The van der Waals surface area contributed by atoms with Gasteiger partial charge in [-0.2, -0.15) is 12.8 Å². The van der Waals surface area contributed by atoms with E-state index < -0.39 is 10.0 Å². The maximum absolute atomic E-state index is 12.4. The maximum atomic E-state index is 12.4. The van der Waals surface area contributed by atoms with Gasteiger partial charge in [-0.3, -0.25) is 0 Å². The van der Waals surface area contributed by atoms with Crippen molar-refractivity contribution in [3.05, 3.63) is 77.4 Å². The molecule has 0 N–H and O–H groups in total. The molecule has 0 aromatic heterocycles. The highest BCUT2D eigenvalue weighted by Gasteiger charge is 2.39. The van der Waals surface area contributed by atoms with Crippen molar-refractivity contribution < 1.29 is 13.2 Å². The summed E-state index contributed by atoms with van der Waals surface area (Å²) in [6.07, 6.45) is 0.438. The molecule has 2 heterocycles. The summed E-state index contributed by atoms with van der Waals surface area (Å²) in [7, 11) is -3.63. The second kappa shape index (κ2) is 5.93. The van der Waals surface area contributed by atoms with Crippen molar-refractivity contribution in [2.75, 3.05) is 6.61 Å². The van der Waals surface area contributed by atoms with E-state index in [4.69, 9.17) is 4.74 Å². The van der Waals surface area contributed by atoms with Crippen LogP contribution in [-0.4, -0.2) is 20.7 Å². The Morgan fingerprint density at radius 3 is 2.60 bits per heavy atom.